The van der Waals surface area contributed by atoms with Crippen LogP contribution in [0.4, 0.5) is 0 Å². The van der Waals surface area contributed by atoms with Crippen LogP contribution in [0, 0.1) is 5.92 Å². The SMILES string of the molecule is O=C(NCC1CN(Cc2ccccc2)CCCO1)C1CCCCC1. The number of carbonyl (C=O) groups excluding carboxylic acids is 1. The molecule has 1 saturated carbocycles. The van der Waals surface area contributed by atoms with Gasteiger partial charge in [0.1, 0.15) is 0 Å². The van der Waals surface area contributed by atoms with Gasteiger partial charge in [-0.25, -0.2) is 0 Å². The molecule has 4 nitrogen and oxygen atoms in total. The molecule has 0 bridgehead atoms. The number of nitrogens with one attached hydrogen (secondary N) is 1. The second-order valence-corrected chi connectivity index (χ2v) is 7.15. The minimum Gasteiger partial charge on any atom is -0.375 e. The van der Waals surface area contributed by atoms with Gasteiger partial charge in [0.25, 0.3) is 0 Å². The third-order valence-electron chi connectivity index (χ3n) is 5.16. The van der Waals surface area contributed by atoms with Gasteiger partial charge >= 0.3 is 0 Å². The molecule has 1 heterocycles. The van der Waals surface area contributed by atoms with E-state index in [0.717, 1.165) is 45.5 Å². The Morgan fingerprint density at radius 3 is 2.71 bits per heavy atom. The molecule has 0 radical (unpaired) electrons. The van der Waals surface area contributed by atoms with Gasteiger partial charge in [0, 0.05) is 38.7 Å². The fourth-order valence-electron chi connectivity index (χ4n) is 3.80. The molecule has 0 spiro atoms. The van der Waals surface area contributed by atoms with E-state index in [2.05, 4.69) is 40.5 Å². The van der Waals surface area contributed by atoms with Crippen molar-refractivity contribution in [2.75, 3.05) is 26.2 Å². The summed E-state index contributed by atoms with van der Waals surface area (Å²) in [6, 6.07) is 10.6. The molecule has 1 aromatic rings. The highest BCUT2D eigenvalue weighted by Gasteiger charge is 2.23. The number of nitrogens with zero attached hydrogens (tertiary/aromatic N) is 1. The van der Waals surface area contributed by atoms with Crippen molar-refractivity contribution in [1.29, 1.82) is 0 Å². The molecule has 1 saturated heterocycles. The van der Waals surface area contributed by atoms with Crippen LogP contribution in [0.5, 0.6) is 0 Å². The Bertz CT molecular complexity index is 500. The monoisotopic (exact) mass is 330 g/mol. The molecule has 2 aliphatic rings. The average molecular weight is 330 g/mol. The van der Waals surface area contributed by atoms with E-state index in [1.807, 2.05) is 0 Å². The molecule has 3 rings (SSSR count). The molecule has 1 N–H and O–H groups in total. The zero-order valence-electron chi connectivity index (χ0n) is 14.6. The van der Waals surface area contributed by atoms with E-state index in [0.29, 0.717) is 6.54 Å². The van der Waals surface area contributed by atoms with Gasteiger partial charge in [-0.1, -0.05) is 49.6 Å². The van der Waals surface area contributed by atoms with Gasteiger partial charge in [0.2, 0.25) is 5.91 Å². The first-order chi connectivity index (χ1) is 11.8. The maximum Gasteiger partial charge on any atom is 0.223 e. The Hall–Kier alpha value is -1.39. The molecule has 2 fully saturated rings. The topological polar surface area (TPSA) is 41.6 Å². The molecular weight excluding hydrogens is 300 g/mol. The Morgan fingerprint density at radius 1 is 1.12 bits per heavy atom. The summed E-state index contributed by atoms with van der Waals surface area (Å²) in [5, 5.41) is 3.14. The van der Waals surface area contributed by atoms with Crippen LogP contribution < -0.4 is 5.32 Å². The second kappa shape index (κ2) is 9.19. The lowest BCUT2D eigenvalue weighted by atomic mass is 9.88. The third kappa shape index (κ3) is 5.32. The van der Waals surface area contributed by atoms with E-state index in [9.17, 15) is 4.79 Å². The normalized spacial score (nSPS) is 23.6. The van der Waals surface area contributed by atoms with Crippen LogP contribution in [-0.2, 0) is 16.1 Å². The lowest BCUT2D eigenvalue weighted by Gasteiger charge is -2.25. The molecule has 1 atom stereocenters. The van der Waals surface area contributed by atoms with E-state index in [1.165, 1.54) is 24.8 Å². The first-order valence-electron chi connectivity index (χ1n) is 9.47. The predicted octanol–water partition coefficient (Wildman–Crippen LogP) is 2.97. The van der Waals surface area contributed by atoms with Gasteiger partial charge in [-0.05, 0) is 24.8 Å². The van der Waals surface area contributed by atoms with Crippen LogP contribution >= 0.6 is 0 Å². The fourth-order valence-corrected chi connectivity index (χ4v) is 3.80. The van der Waals surface area contributed by atoms with Crippen LogP contribution in [0.3, 0.4) is 0 Å². The van der Waals surface area contributed by atoms with Crippen molar-refractivity contribution in [1.82, 2.24) is 10.2 Å². The molecule has 0 aromatic heterocycles. The standard InChI is InChI=1S/C20H30N2O2/c23-20(18-10-5-2-6-11-18)21-14-19-16-22(12-7-13-24-19)15-17-8-3-1-4-9-17/h1,3-4,8-9,18-19H,2,5-7,10-16H2,(H,21,23). The number of carbonyl (C=O) groups is 1. The van der Waals surface area contributed by atoms with E-state index < -0.39 is 0 Å². The van der Waals surface area contributed by atoms with Crippen molar-refractivity contribution < 1.29 is 9.53 Å². The van der Waals surface area contributed by atoms with Crippen molar-refractivity contribution in [3.8, 4) is 0 Å². The molecule has 132 valence electrons. The molecule has 1 aliphatic carbocycles. The van der Waals surface area contributed by atoms with E-state index in [-0.39, 0.29) is 17.9 Å². The van der Waals surface area contributed by atoms with Gasteiger partial charge in [-0.15, -0.1) is 0 Å². The highest BCUT2D eigenvalue weighted by atomic mass is 16.5. The lowest BCUT2D eigenvalue weighted by Crippen LogP contribution is -2.42. The summed E-state index contributed by atoms with van der Waals surface area (Å²) in [5.41, 5.74) is 1.34. The number of hydrogen-bond acceptors (Lipinski definition) is 3. The van der Waals surface area contributed by atoms with E-state index in [4.69, 9.17) is 4.74 Å². The summed E-state index contributed by atoms with van der Waals surface area (Å²) in [5.74, 6) is 0.460. The van der Waals surface area contributed by atoms with Gasteiger partial charge in [0.05, 0.1) is 6.10 Å². The zero-order chi connectivity index (χ0) is 16.6. The third-order valence-corrected chi connectivity index (χ3v) is 5.16. The van der Waals surface area contributed by atoms with Crippen LogP contribution in [0.1, 0.15) is 44.1 Å². The minimum atomic E-state index is 0.101. The molecule has 24 heavy (non-hydrogen) atoms. The van der Waals surface area contributed by atoms with Crippen LogP contribution in [-0.4, -0.2) is 43.2 Å². The van der Waals surface area contributed by atoms with E-state index in [1.54, 1.807) is 0 Å². The van der Waals surface area contributed by atoms with Gasteiger partial charge in [-0.3, -0.25) is 9.69 Å². The first kappa shape index (κ1) is 17.4. The number of ether oxygens (including phenoxy) is 1. The Labute approximate surface area is 145 Å². The molecule has 1 amide bonds. The summed E-state index contributed by atoms with van der Waals surface area (Å²) < 4.78 is 5.95. The fraction of sp³-hybridized carbons (Fsp3) is 0.650. The number of hydrogen-bond donors (Lipinski definition) is 1. The molecular formula is C20H30N2O2. The number of amides is 1. The molecule has 1 unspecified atom stereocenters. The smallest absolute Gasteiger partial charge is 0.223 e. The van der Waals surface area contributed by atoms with Crippen molar-refractivity contribution in [3.05, 3.63) is 35.9 Å². The van der Waals surface area contributed by atoms with Gasteiger partial charge < -0.3 is 10.1 Å². The highest BCUT2D eigenvalue weighted by Crippen LogP contribution is 2.23. The lowest BCUT2D eigenvalue weighted by molar-refractivity contribution is -0.126. The van der Waals surface area contributed by atoms with Gasteiger partial charge in [0.15, 0.2) is 0 Å². The number of rotatable bonds is 5. The Morgan fingerprint density at radius 2 is 1.92 bits per heavy atom. The van der Waals surface area contributed by atoms with Crippen molar-refractivity contribution in [2.24, 2.45) is 5.92 Å². The molecule has 1 aliphatic heterocycles. The van der Waals surface area contributed by atoms with E-state index >= 15 is 0 Å². The highest BCUT2D eigenvalue weighted by molar-refractivity contribution is 5.78. The zero-order valence-corrected chi connectivity index (χ0v) is 14.6. The largest absolute Gasteiger partial charge is 0.375 e. The van der Waals surface area contributed by atoms with Crippen LogP contribution in [0.25, 0.3) is 0 Å². The van der Waals surface area contributed by atoms with Crippen LogP contribution in [0.2, 0.25) is 0 Å². The summed E-state index contributed by atoms with van der Waals surface area (Å²) >= 11 is 0. The second-order valence-electron chi connectivity index (χ2n) is 7.15. The average Bonchev–Trinajstić information content (AvgIpc) is 2.86. The van der Waals surface area contributed by atoms with Crippen molar-refractivity contribution in [3.63, 3.8) is 0 Å². The predicted molar refractivity (Wildman–Crippen MR) is 95.7 cm³/mol. The summed E-state index contributed by atoms with van der Waals surface area (Å²) in [6.07, 6.45) is 6.94. The van der Waals surface area contributed by atoms with Crippen molar-refractivity contribution >= 4 is 5.91 Å². The summed E-state index contributed by atoms with van der Waals surface area (Å²) in [4.78, 5) is 14.8. The summed E-state index contributed by atoms with van der Waals surface area (Å²) in [7, 11) is 0. The van der Waals surface area contributed by atoms with Gasteiger partial charge in [-0.2, -0.15) is 0 Å². The van der Waals surface area contributed by atoms with Crippen LogP contribution in [0.15, 0.2) is 30.3 Å². The summed E-state index contributed by atoms with van der Waals surface area (Å²) in [6.45, 7) is 4.33. The van der Waals surface area contributed by atoms with Crippen molar-refractivity contribution in [2.45, 2.75) is 51.2 Å². The maximum absolute atomic E-state index is 12.3. The minimum absolute atomic E-state index is 0.101. The molecule has 1 aromatic carbocycles. The molecule has 4 heteroatoms. The Balaban J connectivity index is 1.46. The number of benzene rings is 1. The Kier molecular flexibility index (Phi) is 6.67. The maximum atomic E-state index is 12.3. The first-order valence-corrected chi connectivity index (χ1v) is 9.47. The quantitative estimate of drug-likeness (QED) is 0.902.